The van der Waals surface area contributed by atoms with Crippen LogP contribution in [-0.4, -0.2) is 61.6 Å². The molecule has 5 fully saturated rings. The van der Waals surface area contributed by atoms with E-state index in [-0.39, 0.29) is 28.7 Å². The summed E-state index contributed by atoms with van der Waals surface area (Å²) in [7, 11) is -0.0295. The van der Waals surface area contributed by atoms with Crippen LogP contribution < -0.4 is 10.2 Å². The van der Waals surface area contributed by atoms with Gasteiger partial charge in [-0.3, -0.25) is 4.79 Å². The third-order valence-corrected chi connectivity index (χ3v) is 11.9. The molecule has 8 heteroatoms. The van der Waals surface area contributed by atoms with Crippen molar-refractivity contribution >= 4 is 32.4 Å². The minimum atomic E-state index is -3.93. The first-order valence-corrected chi connectivity index (χ1v) is 15.3. The Morgan fingerprint density at radius 3 is 2.41 bits per heavy atom. The van der Waals surface area contributed by atoms with E-state index in [0.29, 0.717) is 37.1 Å². The number of nitrogens with one attached hydrogen (secondary N) is 1. The maximum absolute atomic E-state index is 14.3. The van der Waals surface area contributed by atoms with Crippen LogP contribution in [0.5, 0.6) is 0 Å². The molecule has 1 aliphatic heterocycles. The van der Waals surface area contributed by atoms with E-state index >= 15 is 0 Å². The van der Waals surface area contributed by atoms with Crippen LogP contribution in [0.2, 0.25) is 0 Å². The van der Waals surface area contributed by atoms with Crippen molar-refractivity contribution in [2.24, 2.45) is 17.8 Å². The Morgan fingerprint density at radius 1 is 1.08 bits per heavy atom. The van der Waals surface area contributed by atoms with Crippen molar-refractivity contribution < 1.29 is 18.3 Å². The molecule has 0 radical (unpaired) electrons. The molecule has 7 nitrogen and oxygen atoms in total. The molecular formula is C29H39N3O4S. The summed E-state index contributed by atoms with van der Waals surface area (Å²) in [5.74, 6) is 0.957. The molecule has 4 saturated carbocycles. The maximum Gasteiger partial charge on any atom is 0.244 e. The highest BCUT2D eigenvalue weighted by molar-refractivity contribution is 7.89. The Balaban J connectivity index is 1.34. The molecule has 1 saturated heterocycles. The minimum Gasteiger partial charge on any atom is -0.390 e. The molecule has 0 spiro atoms. The molecule has 2 unspecified atom stereocenters. The van der Waals surface area contributed by atoms with E-state index in [9.17, 15) is 18.3 Å². The predicted octanol–water partition coefficient (Wildman–Crippen LogP) is 3.89. The summed E-state index contributed by atoms with van der Waals surface area (Å²) in [5, 5.41) is 15.9. The first-order valence-electron chi connectivity index (χ1n) is 13.8. The monoisotopic (exact) mass is 525 g/mol. The molecule has 2 aromatic carbocycles. The Morgan fingerprint density at radius 2 is 1.76 bits per heavy atom. The fraction of sp³-hybridized carbons (Fsp3) is 0.621. The molecule has 1 heterocycles. The summed E-state index contributed by atoms with van der Waals surface area (Å²) < 4.78 is 30.1. The quantitative estimate of drug-likeness (QED) is 0.597. The molecule has 5 aliphatic rings. The zero-order valence-corrected chi connectivity index (χ0v) is 22.9. The van der Waals surface area contributed by atoms with E-state index in [1.54, 1.807) is 12.1 Å². The highest BCUT2D eigenvalue weighted by Crippen LogP contribution is 2.56. The molecule has 2 N–H and O–H groups in total. The van der Waals surface area contributed by atoms with Gasteiger partial charge in [-0.2, -0.15) is 4.31 Å². The SMILES string of the molecule is CC[C@]1(C(=O)NC2C3CC4CC2CC(O)(C4)C3)CCCN1S(=O)(=O)c1cccc2c(N(C)C)cccc12. The van der Waals surface area contributed by atoms with Crippen molar-refractivity contribution in [3.05, 3.63) is 36.4 Å². The lowest BCUT2D eigenvalue weighted by Crippen LogP contribution is -2.65. The van der Waals surface area contributed by atoms with Crippen LogP contribution in [0, 0.1) is 17.8 Å². The molecule has 0 aromatic heterocycles. The highest BCUT2D eigenvalue weighted by Gasteiger charge is 2.57. The van der Waals surface area contributed by atoms with Gasteiger partial charge in [0.25, 0.3) is 0 Å². The first kappa shape index (κ1) is 25.1. The maximum atomic E-state index is 14.3. The second kappa shape index (κ2) is 8.68. The van der Waals surface area contributed by atoms with Gasteiger partial charge < -0.3 is 15.3 Å². The number of fused-ring (bicyclic) bond motifs is 1. The van der Waals surface area contributed by atoms with Crippen LogP contribution in [0.15, 0.2) is 41.3 Å². The molecule has 200 valence electrons. The third kappa shape index (κ3) is 3.81. The number of carbonyl (C=O) groups is 1. The van der Waals surface area contributed by atoms with Gasteiger partial charge in [-0.25, -0.2) is 8.42 Å². The van der Waals surface area contributed by atoms with Gasteiger partial charge in [-0.1, -0.05) is 31.2 Å². The predicted molar refractivity (Wildman–Crippen MR) is 145 cm³/mol. The summed E-state index contributed by atoms with van der Waals surface area (Å²) >= 11 is 0. The minimum absolute atomic E-state index is 0.0260. The van der Waals surface area contributed by atoms with Crippen LogP contribution in [0.3, 0.4) is 0 Å². The molecule has 1 amide bonds. The number of sulfonamides is 1. The van der Waals surface area contributed by atoms with Crippen molar-refractivity contribution in [3.8, 4) is 0 Å². The van der Waals surface area contributed by atoms with E-state index in [2.05, 4.69) is 5.32 Å². The lowest BCUT2D eigenvalue weighted by molar-refractivity contribution is -0.150. The van der Waals surface area contributed by atoms with E-state index < -0.39 is 21.2 Å². The van der Waals surface area contributed by atoms with Crippen LogP contribution in [0.25, 0.3) is 10.8 Å². The standard InChI is InChI=1S/C29H39N3O4S/c1-4-29(27(33)30-26-20-14-19-15-21(26)18-28(34,16-19)17-20)12-7-13-32(29)37(35,36)25-11-6-8-22-23(25)9-5-10-24(22)31(2)3/h5-6,8-11,19-21,26,34H,4,7,12-18H2,1-3H3,(H,30,33)/t19?,20?,21?,26?,28?,29-/m1/s1. The van der Waals surface area contributed by atoms with Crippen molar-refractivity contribution in [3.63, 3.8) is 0 Å². The van der Waals surface area contributed by atoms with Gasteiger partial charge in [-0.05, 0) is 81.3 Å². The largest absolute Gasteiger partial charge is 0.390 e. The van der Waals surface area contributed by atoms with Gasteiger partial charge in [0.15, 0.2) is 0 Å². The smallest absolute Gasteiger partial charge is 0.244 e. The van der Waals surface area contributed by atoms with Gasteiger partial charge in [0, 0.05) is 43.1 Å². The number of benzene rings is 2. The van der Waals surface area contributed by atoms with Crippen molar-refractivity contribution in [1.29, 1.82) is 0 Å². The number of hydrogen-bond acceptors (Lipinski definition) is 5. The summed E-state index contributed by atoms with van der Waals surface area (Å²) in [6.07, 6.45) is 6.10. The van der Waals surface area contributed by atoms with E-state index in [4.69, 9.17) is 0 Å². The van der Waals surface area contributed by atoms with Crippen molar-refractivity contribution in [2.45, 2.75) is 80.4 Å². The summed E-state index contributed by atoms with van der Waals surface area (Å²) in [6, 6.07) is 11.2. The zero-order chi connectivity index (χ0) is 26.2. The number of hydrogen-bond donors (Lipinski definition) is 2. The van der Waals surface area contributed by atoms with Gasteiger partial charge in [-0.15, -0.1) is 0 Å². The van der Waals surface area contributed by atoms with Gasteiger partial charge in [0.1, 0.15) is 5.54 Å². The molecule has 37 heavy (non-hydrogen) atoms. The highest BCUT2D eigenvalue weighted by atomic mass is 32.2. The van der Waals surface area contributed by atoms with E-state index in [1.165, 1.54) is 4.31 Å². The van der Waals surface area contributed by atoms with Crippen LogP contribution in [0.1, 0.15) is 58.3 Å². The Labute approximate surface area is 220 Å². The fourth-order valence-corrected chi connectivity index (χ4v) is 10.5. The summed E-state index contributed by atoms with van der Waals surface area (Å²) in [5.41, 5.74) is -0.701. The van der Waals surface area contributed by atoms with Crippen LogP contribution in [-0.2, 0) is 14.8 Å². The number of carbonyl (C=O) groups excluding carboxylic acids is 1. The summed E-state index contributed by atoms with van der Waals surface area (Å²) in [4.78, 5) is 16.3. The van der Waals surface area contributed by atoms with Crippen LogP contribution in [0.4, 0.5) is 5.69 Å². The second-order valence-corrected chi connectivity index (χ2v) is 14.1. The van der Waals surface area contributed by atoms with E-state index in [1.807, 2.05) is 50.2 Å². The number of nitrogens with zero attached hydrogens (tertiary/aromatic N) is 2. The van der Waals surface area contributed by atoms with Gasteiger partial charge >= 0.3 is 0 Å². The van der Waals surface area contributed by atoms with Crippen molar-refractivity contribution in [1.82, 2.24) is 9.62 Å². The van der Waals surface area contributed by atoms with Crippen molar-refractivity contribution in [2.75, 3.05) is 25.5 Å². The zero-order valence-electron chi connectivity index (χ0n) is 22.1. The lowest BCUT2D eigenvalue weighted by Gasteiger charge is -2.58. The average Bonchev–Trinajstić information content (AvgIpc) is 3.31. The average molecular weight is 526 g/mol. The topological polar surface area (TPSA) is 90.0 Å². The molecular weight excluding hydrogens is 486 g/mol. The van der Waals surface area contributed by atoms with E-state index in [0.717, 1.165) is 43.2 Å². The molecule has 4 aliphatic carbocycles. The lowest BCUT2D eigenvalue weighted by atomic mass is 9.52. The third-order valence-electron chi connectivity index (χ3n) is 9.88. The molecule has 4 bridgehead atoms. The van der Waals surface area contributed by atoms with Crippen LogP contribution >= 0.6 is 0 Å². The number of amides is 1. The Hall–Kier alpha value is -2.16. The molecule has 2 aromatic rings. The normalized spacial score (nSPS) is 35.2. The fourth-order valence-electron chi connectivity index (χ4n) is 8.45. The number of anilines is 1. The molecule has 7 rings (SSSR count). The second-order valence-electron chi connectivity index (χ2n) is 12.3. The first-order chi connectivity index (χ1) is 17.6. The number of aliphatic hydroxyl groups is 1. The Kier molecular flexibility index (Phi) is 5.90. The summed E-state index contributed by atoms with van der Waals surface area (Å²) in [6.45, 7) is 2.27. The van der Waals surface area contributed by atoms with Gasteiger partial charge in [0.2, 0.25) is 15.9 Å². The number of rotatable bonds is 6. The van der Waals surface area contributed by atoms with Gasteiger partial charge in [0.05, 0.1) is 10.5 Å². The molecule has 3 atom stereocenters. The Bertz CT molecular complexity index is 1330.